The normalized spacial score (nSPS) is 47.8. The van der Waals surface area contributed by atoms with E-state index in [0.717, 1.165) is 24.7 Å². The van der Waals surface area contributed by atoms with E-state index in [0.29, 0.717) is 16.6 Å². The van der Waals surface area contributed by atoms with E-state index >= 15 is 0 Å². The highest BCUT2D eigenvalue weighted by molar-refractivity contribution is 5.80. The van der Waals surface area contributed by atoms with Gasteiger partial charge in [0.15, 0.2) is 0 Å². The van der Waals surface area contributed by atoms with Crippen molar-refractivity contribution in [2.45, 2.75) is 78.1 Å². The molecule has 4 unspecified atom stereocenters. The van der Waals surface area contributed by atoms with Gasteiger partial charge in [-0.3, -0.25) is 4.79 Å². The summed E-state index contributed by atoms with van der Waals surface area (Å²) in [5.41, 5.74) is 4.63. The van der Waals surface area contributed by atoms with Crippen LogP contribution < -0.4 is 0 Å². The number of carbonyl (C=O) groups excluding carboxylic acids is 1. The number of hydrogen-bond donors (Lipinski definition) is 0. The number of ketones is 1. The second-order valence-corrected chi connectivity index (χ2v) is 8.58. The van der Waals surface area contributed by atoms with E-state index in [2.05, 4.69) is 13.8 Å². The van der Waals surface area contributed by atoms with Gasteiger partial charge >= 0.3 is 0 Å². The summed E-state index contributed by atoms with van der Waals surface area (Å²) < 4.78 is 0. The molecule has 20 heavy (non-hydrogen) atoms. The van der Waals surface area contributed by atoms with Crippen molar-refractivity contribution in [1.29, 1.82) is 0 Å². The minimum Gasteiger partial charge on any atom is -0.300 e. The summed E-state index contributed by atoms with van der Waals surface area (Å²) in [6, 6.07) is 0. The summed E-state index contributed by atoms with van der Waals surface area (Å²) in [4.78, 5) is 11.9. The van der Waals surface area contributed by atoms with Crippen LogP contribution in [0.25, 0.3) is 0 Å². The summed E-state index contributed by atoms with van der Waals surface area (Å²) in [7, 11) is 0. The summed E-state index contributed by atoms with van der Waals surface area (Å²) in [6.07, 6.45) is 12.5. The number of carbonyl (C=O) groups is 1. The molecule has 0 aromatic heterocycles. The highest BCUT2D eigenvalue weighted by Gasteiger charge is 2.51. The molecule has 1 nitrogen and oxygen atoms in total. The maximum atomic E-state index is 11.9. The van der Waals surface area contributed by atoms with Gasteiger partial charge in [0.2, 0.25) is 0 Å². The predicted octanol–water partition coefficient (Wildman–Crippen LogP) is 5.05. The van der Waals surface area contributed by atoms with E-state index in [4.69, 9.17) is 0 Å². The van der Waals surface area contributed by atoms with E-state index in [9.17, 15) is 4.79 Å². The summed E-state index contributed by atoms with van der Waals surface area (Å²) in [6.45, 7) is 4.94. The molecule has 0 amide bonds. The molecule has 3 fully saturated rings. The SMILES string of the molecule is CC12CCCC1=C1CCC3(C)CC(=O)CCC3C1CC2. The van der Waals surface area contributed by atoms with E-state index in [-0.39, 0.29) is 0 Å². The Morgan fingerprint density at radius 2 is 1.85 bits per heavy atom. The molecule has 3 saturated carbocycles. The second kappa shape index (κ2) is 4.21. The lowest BCUT2D eigenvalue weighted by molar-refractivity contribution is -0.127. The highest BCUT2D eigenvalue weighted by Crippen LogP contribution is 2.62. The van der Waals surface area contributed by atoms with Gasteiger partial charge in [-0.1, -0.05) is 25.0 Å². The number of Topliss-reactive ketones (excluding diaryl/α,β-unsaturated/α-hetero) is 1. The monoisotopic (exact) mass is 272 g/mol. The Labute approximate surface area is 123 Å². The third-order valence-corrected chi connectivity index (χ3v) is 7.41. The van der Waals surface area contributed by atoms with E-state index < -0.39 is 0 Å². The van der Waals surface area contributed by atoms with E-state index in [1.165, 1.54) is 51.4 Å². The van der Waals surface area contributed by atoms with Gasteiger partial charge in [0.1, 0.15) is 5.78 Å². The Morgan fingerprint density at radius 1 is 1.00 bits per heavy atom. The van der Waals surface area contributed by atoms with Crippen LogP contribution in [0.15, 0.2) is 11.1 Å². The Bertz CT molecular complexity index is 488. The highest BCUT2D eigenvalue weighted by atomic mass is 16.1. The lowest BCUT2D eigenvalue weighted by atomic mass is 9.51. The minimum absolute atomic E-state index is 0.330. The quantitative estimate of drug-likeness (QED) is 0.564. The van der Waals surface area contributed by atoms with Crippen LogP contribution >= 0.6 is 0 Å². The first-order chi connectivity index (χ1) is 9.52. The molecule has 4 aliphatic carbocycles. The lowest BCUT2D eigenvalue weighted by Crippen LogP contribution is -2.45. The van der Waals surface area contributed by atoms with Crippen LogP contribution in [-0.4, -0.2) is 5.78 Å². The Morgan fingerprint density at radius 3 is 2.70 bits per heavy atom. The summed E-state index contributed by atoms with van der Waals surface area (Å²) in [5, 5.41) is 0. The van der Waals surface area contributed by atoms with Crippen molar-refractivity contribution < 1.29 is 4.79 Å². The van der Waals surface area contributed by atoms with Gasteiger partial charge in [0, 0.05) is 12.8 Å². The summed E-state index contributed by atoms with van der Waals surface area (Å²) in [5.74, 6) is 2.17. The van der Waals surface area contributed by atoms with Crippen LogP contribution in [-0.2, 0) is 4.79 Å². The zero-order valence-electron chi connectivity index (χ0n) is 13.1. The Hall–Kier alpha value is -0.590. The maximum absolute atomic E-state index is 11.9. The van der Waals surface area contributed by atoms with Gasteiger partial charge in [0.05, 0.1) is 0 Å². The average Bonchev–Trinajstić information content (AvgIpc) is 2.79. The minimum atomic E-state index is 0.330. The fourth-order valence-electron chi connectivity index (χ4n) is 6.30. The molecule has 0 aromatic rings. The topological polar surface area (TPSA) is 17.1 Å². The van der Waals surface area contributed by atoms with Crippen LogP contribution in [0.3, 0.4) is 0 Å². The third-order valence-electron chi connectivity index (χ3n) is 7.41. The fraction of sp³-hybridized carbons (Fsp3) is 0.842. The average molecular weight is 272 g/mol. The zero-order chi connectivity index (χ0) is 14.0. The van der Waals surface area contributed by atoms with Gasteiger partial charge in [0.25, 0.3) is 0 Å². The van der Waals surface area contributed by atoms with Crippen LogP contribution in [0.5, 0.6) is 0 Å². The van der Waals surface area contributed by atoms with Gasteiger partial charge in [-0.05, 0) is 74.0 Å². The fourth-order valence-corrected chi connectivity index (χ4v) is 6.30. The molecule has 4 rings (SSSR count). The maximum Gasteiger partial charge on any atom is 0.133 e. The van der Waals surface area contributed by atoms with Gasteiger partial charge in [-0.2, -0.15) is 0 Å². The van der Waals surface area contributed by atoms with Crippen molar-refractivity contribution >= 4 is 5.78 Å². The van der Waals surface area contributed by atoms with Crippen molar-refractivity contribution in [2.24, 2.45) is 22.7 Å². The van der Waals surface area contributed by atoms with Crippen molar-refractivity contribution in [3.05, 3.63) is 11.1 Å². The molecule has 4 aliphatic rings. The van der Waals surface area contributed by atoms with Gasteiger partial charge in [-0.15, -0.1) is 0 Å². The van der Waals surface area contributed by atoms with Crippen LogP contribution in [0.1, 0.15) is 78.1 Å². The molecule has 4 atom stereocenters. The zero-order valence-corrected chi connectivity index (χ0v) is 13.1. The Balaban J connectivity index is 1.72. The Kier molecular flexibility index (Phi) is 2.76. The third kappa shape index (κ3) is 1.71. The molecule has 110 valence electrons. The van der Waals surface area contributed by atoms with E-state index in [1.807, 2.05) is 11.1 Å². The smallest absolute Gasteiger partial charge is 0.133 e. The van der Waals surface area contributed by atoms with Crippen LogP contribution in [0.4, 0.5) is 0 Å². The van der Waals surface area contributed by atoms with Crippen molar-refractivity contribution in [3.63, 3.8) is 0 Å². The molecule has 0 heterocycles. The number of fused-ring (bicyclic) bond motifs is 4. The molecule has 0 aromatic carbocycles. The predicted molar refractivity (Wildman–Crippen MR) is 81.4 cm³/mol. The lowest BCUT2D eigenvalue weighted by Gasteiger charge is -2.53. The number of allylic oxidation sites excluding steroid dienone is 2. The first-order valence-electron chi connectivity index (χ1n) is 8.76. The molecule has 0 bridgehead atoms. The summed E-state index contributed by atoms with van der Waals surface area (Å²) >= 11 is 0. The largest absolute Gasteiger partial charge is 0.300 e. The first-order valence-corrected chi connectivity index (χ1v) is 8.76. The molecule has 0 spiro atoms. The molecule has 0 radical (unpaired) electrons. The molecular weight excluding hydrogens is 244 g/mol. The van der Waals surface area contributed by atoms with Crippen molar-refractivity contribution in [1.82, 2.24) is 0 Å². The first kappa shape index (κ1) is 13.1. The van der Waals surface area contributed by atoms with E-state index in [1.54, 1.807) is 0 Å². The second-order valence-electron chi connectivity index (χ2n) is 8.58. The molecule has 0 saturated heterocycles. The van der Waals surface area contributed by atoms with Crippen LogP contribution in [0.2, 0.25) is 0 Å². The van der Waals surface area contributed by atoms with Gasteiger partial charge in [-0.25, -0.2) is 0 Å². The molecular formula is C19H28O. The van der Waals surface area contributed by atoms with Gasteiger partial charge < -0.3 is 0 Å². The number of rotatable bonds is 0. The van der Waals surface area contributed by atoms with Crippen molar-refractivity contribution in [3.8, 4) is 0 Å². The van der Waals surface area contributed by atoms with Crippen molar-refractivity contribution in [2.75, 3.05) is 0 Å². The van der Waals surface area contributed by atoms with Crippen LogP contribution in [0, 0.1) is 22.7 Å². The molecule has 0 aliphatic heterocycles. The molecule has 0 N–H and O–H groups in total. The standard InChI is InChI=1S/C19H28O/c1-18-9-3-4-16(18)14-8-11-19(2)12-13(20)5-6-17(19)15(14)7-10-18/h15,17H,3-12H2,1-2H3. The number of hydrogen-bond acceptors (Lipinski definition) is 1. The molecule has 1 heteroatoms.